The fourth-order valence-corrected chi connectivity index (χ4v) is 3.25. The fraction of sp³-hybridized carbons (Fsp3) is 0.857. The summed E-state index contributed by atoms with van der Waals surface area (Å²) in [5, 5.41) is 9.98. The van der Waals surface area contributed by atoms with Gasteiger partial charge in [0.25, 0.3) is 0 Å². The first kappa shape index (κ1) is 17.1. The summed E-state index contributed by atoms with van der Waals surface area (Å²) >= 11 is 2.03. The van der Waals surface area contributed by atoms with E-state index in [1.165, 1.54) is 18.6 Å². The van der Waals surface area contributed by atoms with E-state index < -0.39 is 5.41 Å². The van der Waals surface area contributed by atoms with Crippen LogP contribution in [-0.4, -0.2) is 49.6 Å². The van der Waals surface area contributed by atoms with E-state index in [1.807, 2.05) is 32.5 Å². The maximum Gasteiger partial charge on any atom is 0.227 e. The largest absolute Gasteiger partial charge is 0.359 e. The number of rotatable bonds is 6. The van der Waals surface area contributed by atoms with Gasteiger partial charge in [-0.1, -0.05) is 0 Å². The SMILES string of the molecule is CCNC(=NCC(C)(C)C(=O)NC)NCC1CCCS1. The Hall–Kier alpha value is -0.910. The molecule has 0 radical (unpaired) electrons. The van der Waals surface area contributed by atoms with Crippen molar-refractivity contribution in [2.45, 2.75) is 38.9 Å². The summed E-state index contributed by atoms with van der Waals surface area (Å²) in [6, 6.07) is 0. The van der Waals surface area contributed by atoms with Crippen LogP contribution in [-0.2, 0) is 4.79 Å². The van der Waals surface area contributed by atoms with Gasteiger partial charge in [-0.3, -0.25) is 9.79 Å². The summed E-state index contributed by atoms with van der Waals surface area (Å²) in [7, 11) is 1.66. The Bertz CT molecular complexity index is 338. The van der Waals surface area contributed by atoms with Crippen molar-refractivity contribution >= 4 is 23.6 Å². The normalized spacial score (nSPS) is 19.8. The molecule has 6 heteroatoms. The quantitative estimate of drug-likeness (QED) is 0.509. The van der Waals surface area contributed by atoms with Crippen LogP contribution in [0.4, 0.5) is 0 Å². The number of nitrogens with zero attached hydrogens (tertiary/aromatic N) is 1. The number of hydrogen-bond acceptors (Lipinski definition) is 3. The molecule has 0 aromatic carbocycles. The summed E-state index contributed by atoms with van der Waals surface area (Å²) in [5.41, 5.74) is -0.487. The lowest BCUT2D eigenvalue weighted by molar-refractivity contribution is -0.128. The van der Waals surface area contributed by atoms with Crippen LogP contribution < -0.4 is 16.0 Å². The molecule has 116 valence electrons. The van der Waals surface area contributed by atoms with Gasteiger partial charge in [0.15, 0.2) is 5.96 Å². The summed E-state index contributed by atoms with van der Waals surface area (Å²) in [5.74, 6) is 2.09. The molecular weight excluding hydrogens is 272 g/mol. The van der Waals surface area contributed by atoms with Crippen LogP contribution in [0.15, 0.2) is 4.99 Å². The van der Waals surface area contributed by atoms with Crippen molar-refractivity contribution in [3.8, 4) is 0 Å². The number of nitrogens with one attached hydrogen (secondary N) is 3. The minimum atomic E-state index is -0.487. The van der Waals surface area contributed by atoms with E-state index >= 15 is 0 Å². The zero-order chi connectivity index (χ0) is 15.0. The number of amides is 1. The number of guanidine groups is 1. The standard InChI is InChI=1S/C14H28N4OS/c1-5-16-13(17-9-11-7-6-8-20-11)18-10-14(2,3)12(19)15-4/h11H,5-10H2,1-4H3,(H,15,19)(H2,16,17,18). The first-order valence-electron chi connectivity index (χ1n) is 7.35. The Morgan fingerprint density at radius 1 is 1.40 bits per heavy atom. The Labute approximate surface area is 126 Å². The molecule has 1 heterocycles. The Kier molecular flexibility index (Phi) is 7.19. The third-order valence-corrected chi connectivity index (χ3v) is 4.74. The Morgan fingerprint density at radius 2 is 2.15 bits per heavy atom. The molecule has 1 saturated heterocycles. The average Bonchev–Trinajstić information content (AvgIpc) is 2.94. The molecule has 1 fully saturated rings. The molecule has 1 amide bonds. The lowest BCUT2D eigenvalue weighted by Crippen LogP contribution is -2.42. The highest BCUT2D eigenvalue weighted by Gasteiger charge is 2.26. The molecule has 20 heavy (non-hydrogen) atoms. The van der Waals surface area contributed by atoms with Crippen molar-refractivity contribution in [3.63, 3.8) is 0 Å². The molecule has 5 nitrogen and oxygen atoms in total. The third kappa shape index (κ3) is 5.61. The molecule has 0 aromatic heterocycles. The van der Waals surface area contributed by atoms with E-state index in [0.717, 1.165) is 19.0 Å². The number of aliphatic imine (C=N–C) groups is 1. The van der Waals surface area contributed by atoms with Gasteiger partial charge in [-0.15, -0.1) is 0 Å². The molecule has 1 rings (SSSR count). The van der Waals surface area contributed by atoms with Crippen LogP contribution in [0.25, 0.3) is 0 Å². The van der Waals surface area contributed by atoms with Crippen LogP contribution in [0, 0.1) is 5.41 Å². The summed E-state index contributed by atoms with van der Waals surface area (Å²) in [4.78, 5) is 16.3. The zero-order valence-corrected chi connectivity index (χ0v) is 13.9. The molecule has 1 aliphatic heterocycles. The van der Waals surface area contributed by atoms with Gasteiger partial charge in [-0.2, -0.15) is 11.8 Å². The molecule has 1 aliphatic rings. The minimum absolute atomic E-state index is 0.0171. The van der Waals surface area contributed by atoms with Gasteiger partial charge in [-0.25, -0.2) is 0 Å². The van der Waals surface area contributed by atoms with Gasteiger partial charge in [0.2, 0.25) is 5.91 Å². The van der Waals surface area contributed by atoms with Gasteiger partial charge < -0.3 is 16.0 Å². The van der Waals surface area contributed by atoms with Crippen molar-refractivity contribution in [3.05, 3.63) is 0 Å². The van der Waals surface area contributed by atoms with Gasteiger partial charge >= 0.3 is 0 Å². The predicted octanol–water partition coefficient (Wildman–Crippen LogP) is 1.21. The first-order valence-corrected chi connectivity index (χ1v) is 8.40. The Balaban J connectivity index is 2.50. The van der Waals surface area contributed by atoms with Crippen molar-refractivity contribution in [1.82, 2.24) is 16.0 Å². The minimum Gasteiger partial charge on any atom is -0.359 e. The van der Waals surface area contributed by atoms with E-state index in [9.17, 15) is 4.79 Å². The van der Waals surface area contributed by atoms with Gasteiger partial charge in [-0.05, 0) is 39.4 Å². The van der Waals surface area contributed by atoms with Crippen LogP contribution in [0.2, 0.25) is 0 Å². The molecule has 0 aromatic rings. The number of carbonyl (C=O) groups is 1. The van der Waals surface area contributed by atoms with Gasteiger partial charge in [0.1, 0.15) is 0 Å². The van der Waals surface area contributed by atoms with Gasteiger partial charge in [0, 0.05) is 25.4 Å². The van der Waals surface area contributed by atoms with Crippen LogP contribution in [0.3, 0.4) is 0 Å². The van der Waals surface area contributed by atoms with Crippen molar-refractivity contribution in [2.24, 2.45) is 10.4 Å². The maximum absolute atomic E-state index is 11.7. The maximum atomic E-state index is 11.7. The van der Waals surface area contributed by atoms with Crippen LogP contribution in [0.5, 0.6) is 0 Å². The lowest BCUT2D eigenvalue weighted by atomic mass is 9.93. The molecule has 1 atom stereocenters. The lowest BCUT2D eigenvalue weighted by Gasteiger charge is -2.21. The average molecular weight is 300 g/mol. The van der Waals surface area contributed by atoms with E-state index in [2.05, 4.69) is 20.9 Å². The summed E-state index contributed by atoms with van der Waals surface area (Å²) < 4.78 is 0. The molecule has 0 aliphatic carbocycles. The number of carbonyl (C=O) groups excluding carboxylic acids is 1. The molecule has 0 spiro atoms. The van der Waals surface area contributed by atoms with E-state index in [-0.39, 0.29) is 5.91 Å². The topological polar surface area (TPSA) is 65.5 Å². The highest BCUT2D eigenvalue weighted by Crippen LogP contribution is 2.25. The second-order valence-corrected chi connectivity index (χ2v) is 7.08. The molecule has 0 bridgehead atoms. The summed E-state index contributed by atoms with van der Waals surface area (Å²) in [6.45, 7) is 8.10. The highest BCUT2D eigenvalue weighted by atomic mass is 32.2. The third-order valence-electron chi connectivity index (χ3n) is 3.34. The van der Waals surface area contributed by atoms with E-state index in [1.54, 1.807) is 7.05 Å². The van der Waals surface area contributed by atoms with Crippen molar-refractivity contribution < 1.29 is 4.79 Å². The highest BCUT2D eigenvalue weighted by molar-refractivity contribution is 8.00. The molecule has 0 saturated carbocycles. The second-order valence-electron chi connectivity index (χ2n) is 5.67. The molecular formula is C14H28N4OS. The zero-order valence-electron chi connectivity index (χ0n) is 13.1. The van der Waals surface area contributed by atoms with Crippen LogP contribution >= 0.6 is 11.8 Å². The number of thioether (sulfide) groups is 1. The molecule has 3 N–H and O–H groups in total. The van der Waals surface area contributed by atoms with Crippen LogP contribution in [0.1, 0.15) is 33.6 Å². The Morgan fingerprint density at radius 3 is 2.70 bits per heavy atom. The smallest absolute Gasteiger partial charge is 0.227 e. The monoisotopic (exact) mass is 300 g/mol. The van der Waals surface area contributed by atoms with Gasteiger partial charge in [0.05, 0.1) is 12.0 Å². The van der Waals surface area contributed by atoms with Crippen molar-refractivity contribution in [2.75, 3.05) is 32.4 Å². The number of hydrogen-bond donors (Lipinski definition) is 3. The van der Waals surface area contributed by atoms with E-state index in [4.69, 9.17) is 0 Å². The van der Waals surface area contributed by atoms with Crippen molar-refractivity contribution in [1.29, 1.82) is 0 Å². The summed E-state index contributed by atoms with van der Waals surface area (Å²) in [6.07, 6.45) is 2.59. The van der Waals surface area contributed by atoms with E-state index in [0.29, 0.717) is 11.8 Å². The fourth-order valence-electron chi connectivity index (χ4n) is 2.04. The molecule has 1 unspecified atom stereocenters. The first-order chi connectivity index (χ1) is 9.49. The second kappa shape index (κ2) is 8.39. The predicted molar refractivity (Wildman–Crippen MR) is 87.3 cm³/mol.